The van der Waals surface area contributed by atoms with Crippen molar-refractivity contribution in [2.45, 2.75) is 32.7 Å². The first-order valence-corrected chi connectivity index (χ1v) is 6.57. The lowest BCUT2D eigenvalue weighted by Gasteiger charge is -2.15. The molecular formula is C14H23N3O. The van der Waals surface area contributed by atoms with Gasteiger partial charge in [-0.05, 0) is 32.1 Å². The highest BCUT2D eigenvalue weighted by molar-refractivity contribution is 5.75. The molecule has 1 N–H and O–H groups in total. The molecule has 0 radical (unpaired) electrons. The van der Waals surface area contributed by atoms with Crippen LogP contribution in [0.15, 0.2) is 24.4 Å². The Morgan fingerprint density at radius 3 is 2.89 bits per heavy atom. The molecule has 100 valence electrons. The molecule has 0 aliphatic heterocycles. The second kappa shape index (κ2) is 8.64. The Morgan fingerprint density at radius 1 is 1.39 bits per heavy atom. The average Bonchev–Trinajstić information content (AvgIpc) is 2.41. The number of nitrogens with zero attached hydrogens (tertiary/aromatic N) is 2. The van der Waals surface area contributed by atoms with Gasteiger partial charge in [0, 0.05) is 19.2 Å². The smallest absolute Gasteiger partial charge is 0.221 e. The van der Waals surface area contributed by atoms with Gasteiger partial charge < -0.3 is 10.2 Å². The van der Waals surface area contributed by atoms with Gasteiger partial charge >= 0.3 is 0 Å². The minimum atomic E-state index is 0.0870. The molecule has 1 aromatic heterocycles. The van der Waals surface area contributed by atoms with E-state index in [1.807, 2.05) is 18.2 Å². The van der Waals surface area contributed by atoms with Crippen LogP contribution in [-0.4, -0.2) is 35.9 Å². The zero-order valence-corrected chi connectivity index (χ0v) is 11.4. The predicted octanol–water partition coefficient (Wildman–Crippen LogP) is 1.82. The van der Waals surface area contributed by atoms with E-state index in [-0.39, 0.29) is 5.91 Å². The lowest BCUT2D eigenvalue weighted by molar-refractivity contribution is -0.121. The number of amides is 1. The third-order valence-corrected chi connectivity index (χ3v) is 2.81. The number of carbonyl (C=O) groups excluding carboxylic acids is 1. The van der Waals surface area contributed by atoms with Crippen LogP contribution in [-0.2, 0) is 11.3 Å². The van der Waals surface area contributed by atoms with Crippen molar-refractivity contribution in [2.75, 3.05) is 20.1 Å². The molecule has 0 spiro atoms. The van der Waals surface area contributed by atoms with E-state index >= 15 is 0 Å². The Kier molecular flexibility index (Phi) is 7.03. The quantitative estimate of drug-likeness (QED) is 0.764. The SMILES string of the molecule is CCCCN(C)CCC(=O)NCc1ccccn1. The molecule has 0 aliphatic rings. The van der Waals surface area contributed by atoms with Crippen LogP contribution < -0.4 is 5.32 Å². The molecule has 1 aromatic rings. The zero-order valence-electron chi connectivity index (χ0n) is 11.4. The summed E-state index contributed by atoms with van der Waals surface area (Å²) in [5.74, 6) is 0.0870. The van der Waals surface area contributed by atoms with Gasteiger partial charge in [0.2, 0.25) is 5.91 Å². The lowest BCUT2D eigenvalue weighted by atomic mass is 10.3. The highest BCUT2D eigenvalue weighted by Gasteiger charge is 2.04. The Labute approximate surface area is 109 Å². The summed E-state index contributed by atoms with van der Waals surface area (Å²) < 4.78 is 0. The molecule has 1 amide bonds. The number of unbranched alkanes of at least 4 members (excludes halogenated alkanes) is 1. The average molecular weight is 249 g/mol. The molecule has 0 bridgehead atoms. The summed E-state index contributed by atoms with van der Waals surface area (Å²) >= 11 is 0. The fourth-order valence-corrected chi connectivity index (χ4v) is 1.61. The van der Waals surface area contributed by atoms with E-state index in [4.69, 9.17) is 0 Å². The van der Waals surface area contributed by atoms with Gasteiger partial charge in [-0.2, -0.15) is 0 Å². The predicted molar refractivity (Wildman–Crippen MR) is 73.1 cm³/mol. The van der Waals surface area contributed by atoms with Gasteiger partial charge in [-0.15, -0.1) is 0 Å². The summed E-state index contributed by atoms with van der Waals surface area (Å²) in [7, 11) is 2.06. The van der Waals surface area contributed by atoms with Crippen molar-refractivity contribution in [3.8, 4) is 0 Å². The van der Waals surface area contributed by atoms with E-state index in [1.165, 1.54) is 12.8 Å². The van der Waals surface area contributed by atoms with Crippen LogP contribution in [0.25, 0.3) is 0 Å². The van der Waals surface area contributed by atoms with Gasteiger partial charge in [-0.1, -0.05) is 19.4 Å². The molecule has 4 heteroatoms. The van der Waals surface area contributed by atoms with E-state index in [1.54, 1.807) is 6.20 Å². The summed E-state index contributed by atoms with van der Waals surface area (Å²) in [5, 5.41) is 2.88. The molecule has 0 fully saturated rings. The fraction of sp³-hybridized carbons (Fsp3) is 0.571. The Hall–Kier alpha value is -1.42. The summed E-state index contributed by atoms with van der Waals surface area (Å²) in [4.78, 5) is 18.0. The van der Waals surface area contributed by atoms with E-state index in [2.05, 4.69) is 29.2 Å². The number of carbonyl (C=O) groups is 1. The van der Waals surface area contributed by atoms with Crippen molar-refractivity contribution < 1.29 is 4.79 Å². The summed E-state index contributed by atoms with van der Waals surface area (Å²) in [5.41, 5.74) is 0.894. The Balaban J connectivity index is 2.14. The first-order chi connectivity index (χ1) is 8.72. The number of hydrogen-bond donors (Lipinski definition) is 1. The Bertz CT molecular complexity index is 340. The highest BCUT2D eigenvalue weighted by Crippen LogP contribution is 1.95. The van der Waals surface area contributed by atoms with Crippen LogP contribution in [0, 0.1) is 0 Å². The molecule has 0 aromatic carbocycles. The number of nitrogens with one attached hydrogen (secondary N) is 1. The summed E-state index contributed by atoms with van der Waals surface area (Å²) in [6.45, 7) is 4.56. The lowest BCUT2D eigenvalue weighted by Crippen LogP contribution is -2.29. The van der Waals surface area contributed by atoms with Crippen LogP contribution in [0.2, 0.25) is 0 Å². The molecule has 1 heterocycles. The maximum Gasteiger partial charge on any atom is 0.221 e. The molecular weight excluding hydrogens is 226 g/mol. The van der Waals surface area contributed by atoms with Gasteiger partial charge in [-0.3, -0.25) is 9.78 Å². The maximum atomic E-state index is 11.6. The van der Waals surface area contributed by atoms with Crippen LogP contribution in [0.1, 0.15) is 31.9 Å². The zero-order chi connectivity index (χ0) is 13.2. The molecule has 1 rings (SSSR count). The maximum absolute atomic E-state index is 11.6. The second-order valence-corrected chi connectivity index (χ2v) is 4.50. The van der Waals surface area contributed by atoms with Crippen LogP contribution in [0.4, 0.5) is 0 Å². The van der Waals surface area contributed by atoms with Crippen molar-refractivity contribution in [3.05, 3.63) is 30.1 Å². The van der Waals surface area contributed by atoms with Gasteiger partial charge in [0.15, 0.2) is 0 Å². The van der Waals surface area contributed by atoms with Crippen molar-refractivity contribution in [3.63, 3.8) is 0 Å². The Morgan fingerprint density at radius 2 is 2.22 bits per heavy atom. The van der Waals surface area contributed by atoms with Gasteiger partial charge in [-0.25, -0.2) is 0 Å². The van der Waals surface area contributed by atoms with Gasteiger partial charge in [0.1, 0.15) is 0 Å². The number of aromatic nitrogens is 1. The minimum absolute atomic E-state index is 0.0870. The minimum Gasteiger partial charge on any atom is -0.350 e. The normalized spacial score (nSPS) is 10.6. The molecule has 0 aliphatic carbocycles. The molecule has 4 nitrogen and oxygen atoms in total. The van der Waals surface area contributed by atoms with Crippen molar-refractivity contribution in [1.29, 1.82) is 0 Å². The van der Waals surface area contributed by atoms with Crippen molar-refractivity contribution in [1.82, 2.24) is 15.2 Å². The number of rotatable bonds is 8. The molecule has 0 atom stereocenters. The number of hydrogen-bond acceptors (Lipinski definition) is 3. The number of pyridine rings is 1. The highest BCUT2D eigenvalue weighted by atomic mass is 16.1. The largest absolute Gasteiger partial charge is 0.350 e. The molecule has 0 saturated carbocycles. The molecule has 18 heavy (non-hydrogen) atoms. The fourth-order valence-electron chi connectivity index (χ4n) is 1.61. The molecule has 0 unspecified atom stereocenters. The first kappa shape index (κ1) is 14.6. The molecule has 0 saturated heterocycles. The topological polar surface area (TPSA) is 45.2 Å². The van der Waals surface area contributed by atoms with Gasteiger partial charge in [0.05, 0.1) is 12.2 Å². The third-order valence-electron chi connectivity index (χ3n) is 2.81. The van der Waals surface area contributed by atoms with E-state index in [0.717, 1.165) is 18.8 Å². The standard InChI is InChI=1S/C14H23N3O/c1-3-4-10-17(2)11-8-14(18)16-12-13-7-5-6-9-15-13/h5-7,9H,3-4,8,10-12H2,1-2H3,(H,16,18). The van der Waals surface area contributed by atoms with Crippen molar-refractivity contribution >= 4 is 5.91 Å². The van der Waals surface area contributed by atoms with E-state index < -0.39 is 0 Å². The summed E-state index contributed by atoms with van der Waals surface area (Å²) in [6, 6.07) is 5.70. The monoisotopic (exact) mass is 249 g/mol. The van der Waals surface area contributed by atoms with Crippen LogP contribution in [0.3, 0.4) is 0 Å². The van der Waals surface area contributed by atoms with Crippen molar-refractivity contribution in [2.24, 2.45) is 0 Å². The van der Waals surface area contributed by atoms with Gasteiger partial charge in [0.25, 0.3) is 0 Å². The second-order valence-electron chi connectivity index (χ2n) is 4.50. The van der Waals surface area contributed by atoms with E-state index in [0.29, 0.717) is 13.0 Å². The third kappa shape index (κ3) is 6.35. The van der Waals surface area contributed by atoms with Crippen LogP contribution in [0.5, 0.6) is 0 Å². The summed E-state index contributed by atoms with van der Waals surface area (Å²) in [6.07, 6.45) is 4.66. The van der Waals surface area contributed by atoms with E-state index in [9.17, 15) is 4.79 Å². The van der Waals surface area contributed by atoms with Crippen LogP contribution >= 0.6 is 0 Å². The first-order valence-electron chi connectivity index (χ1n) is 6.57.